The first-order valence-corrected chi connectivity index (χ1v) is 10.8. The van der Waals surface area contributed by atoms with Gasteiger partial charge in [-0.05, 0) is 42.7 Å². The third kappa shape index (κ3) is 4.89. The van der Waals surface area contributed by atoms with Gasteiger partial charge in [0, 0.05) is 18.8 Å². The van der Waals surface area contributed by atoms with Crippen LogP contribution in [0.3, 0.4) is 0 Å². The smallest absolute Gasteiger partial charge is 0.338 e. The van der Waals surface area contributed by atoms with E-state index in [0.29, 0.717) is 13.1 Å². The van der Waals surface area contributed by atoms with Crippen LogP contribution in [0, 0.1) is 0 Å². The molecule has 1 aliphatic rings. The molecule has 7 nitrogen and oxygen atoms in total. The molecule has 1 atom stereocenters. The van der Waals surface area contributed by atoms with Crippen LogP contribution in [0.4, 0.5) is 5.69 Å². The van der Waals surface area contributed by atoms with Crippen molar-refractivity contribution in [2.75, 3.05) is 17.5 Å². The summed E-state index contributed by atoms with van der Waals surface area (Å²) in [5.74, 6) is -0.941. The van der Waals surface area contributed by atoms with Gasteiger partial charge in [-0.1, -0.05) is 30.3 Å². The number of fused-ring (bicyclic) bond motifs is 1. The number of esters is 1. The van der Waals surface area contributed by atoms with Gasteiger partial charge < -0.3 is 9.64 Å². The highest BCUT2D eigenvalue weighted by atomic mass is 32.2. The lowest BCUT2D eigenvalue weighted by molar-refractivity contribution is -0.140. The van der Waals surface area contributed by atoms with Crippen molar-refractivity contribution in [3.8, 4) is 0 Å². The predicted molar refractivity (Wildman–Crippen MR) is 105 cm³/mol. The van der Waals surface area contributed by atoms with Gasteiger partial charge in [-0.15, -0.1) is 0 Å². The molecule has 8 heteroatoms. The van der Waals surface area contributed by atoms with Gasteiger partial charge in [0.2, 0.25) is 10.0 Å². The van der Waals surface area contributed by atoms with E-state index in [1.807, 2.05) is 18.2 Å². The summed E-state index contributed by atoms with van der Waals surface area (Å²) in [4.78, 5) is 26.8. The number of rotatable bonds is 5. The molecular formula is C20H22N2O5S. The van der Waals surface area contributed by atoms with E-state index >= 15 is 0 Å². The summed E-state index contributed by atoms with van der Waals surface area (Å²) in [7, 11) is -3.46. The molecule has 1 heterocycles. The first-order chi connectivity index (χ1) is 13.2. The van der Waals surface area contributed by atoms with Crippen LogP contribution in [-0.4, -0.2) is 44.1 Å². The van der Waals surface area contributed by atoms with E-state index in [0.717, 1.165) is 18.2 Å². The number of ether oxygens (including phenoxy) is 1. The van der Waals surface area contributed by atoms with Crippen LogP contribution in [-0.2, 0) is 32.5 Å². The van der Waals surface area contributed by atoms with Crippen molar-refractivity contribution in [2.24, 2.45) is 0 Å². The highest BCUT2D eigenvalue weighted by molar-refractivity contribution is 7.92. The Hall–Kier alpha value is -2.87. The second kappa shape index (κ2) is 8.02. The van der Waals surface area contributed by atoms with Crippen molar-refractivity contribution in [3.63, 3.8) is 0 Å². The Morgan fingerprint density at radius 2 is 1.82 bits per heavy atom. The number of nitrogens with one attached hydrogen (secondary N) is 1. The Morgan fingerprint density at radius 3 is 2.54 bits per heavy atom. The topological polar surface area (TPSA) is 92.8 Å². The fourth-order valence-electron chi connectivity index (χ4n) is 3.14. The van der Waals surface area contributed by atoms with Crippen molar-refractivity contribution in [3.05, 3.63) is 65.2 Å². The summed E-state index contributed by atoms with van der Waals surface area (Å²) in [6.45, 7) is 2.61. The van der Waals surface area contributed by atoms with Crippen molar-refractivity contribution >= 4 is 27.6 Å². The van der Waals surface area contributed by atoms with Gasteiger partial charge >= 0.3 is 5.97 Å². The summed E-state index contributed by atoms with van der Waals surface area (Å²) in [6.07, 6.45) is 0.849. The average Bonchev–Trinajstić information content (AvgIpc) is 2.65. The SMILES string of the molecule is CC(OC(=O)c1cccc(NS(C)(=O)=O)c1)C(=O)N1CCc2ccccc2C1. The van der Waals surface area contributed by atoms with Gasteiger partial charge in [-0.3, -0.25) is 9.52 Å². The maximum absolute atomic E-state index is 12.7. The number of sulfonamides is 1. The lowest BCUT2D eigenvalue weighted by Crippen LogP contribution is -2.42. The highest BCUT2D eigenvalue weighted by Crippen LogP contribution is 2.20. The molecule has 0 radical (unpaired) electrons. The summed E-state index contributed by atoms with van der Waals surface area (Å²) in [5.41, 5.74) is 2.74. The fraction of sp³-hybridized carbons (Fsp3) is 0.300. The van der Waals surface area contributed by atoms with Crippen molar-refractivity contribution in [1.29, 1.82) is 0 Å². The maximum atomic E-state index is 12.7. The van der Waals surface area contributed by atoms with Crippen molar-refractivity contribution in [1.82, 2.24) is 4.90 Å². The molecule has 0 aromatic heterocycles. The van der Waals surface area contributed by atoms with Gasteiger partial charge in [0.25, 0.3) is 5.91 Å². The molecule has 1 N–H and O–H groups in total. The molecule has 1 amide bonds. The largest absolute Gasteiger partial charge is 0.449 e. The Labute approximate surface area is 164 Å². The minimum Gasteiger partial charge on any atom is -0.449 e. The molecule has 2 aromatic rings. The Kier molecular flexibility index (Phi) is 5.69. The van der Waals surface area contributed by atoms with E-state index in [-0.39, 0.29) is 17.2 Å². The zero-order chi connectivity index (χ0) is 20.3. The minimum absolute atomic E-state index is 0.164. The van der Waals surface area contributed by atoms with Crippen LogP contribution < -0.4 is 4.72 Å². The van der Waals surface area contributed by atoms with E-state index in [1.165, 1.54) is 29.8 Å². The Morgan fingerprint density at radius 1 is 1.11 bits per heavy atom. The summed E-state index contributed by atoms with van der Waals surface area (Å²) in [5, 5.41) is 0. The van der Waals surface area contributed by atoms with Crippen molar-refractivity contribution in [2.45, 2.75) is 26.0 Å². The highest BCUT2D eigenvalue weighted by Gasteiger charge is 2.27. The summed E-state index contributed by atoms with van der Waals surface area (Å²) < 4.78 is 30.3. The Balaban J connectivity index is 1.64. The first-order valence-electron chi connectivity index (χ1n) is 8.87. The number of carbonyl (C=O) groups excluding carboxylic acids is 2. The van der Waals surface area contributed by atoms with Gasteiger partial charge in [0.05, 0.1) is 11.8 Å². The van der Waals surface area contributed by atoms with E-state index < -0.39 is 22.1 Å². The van der Waals surface area contributed by atoms with E-state index in [9.17, 15) is 18.0 Å². The van der Waals surface area contributed by atoms with E-state index in [4.69, 9.17) is 4.74 Å². The van der Waals surface area contributed by atoms with Crippen LogP contribution >= 0.6 is 0 Å². The van der Waals surface area contributed by atoms with Crippen LogP contribution in [0.25, 0.3) is 0 Å². The molecular weight excluding hydrogens is 380 g/mol. The lowest BCUT2D eigenvalue weighted by Gasteiger charge is -2.30. The van der Waals surface area contributed by atoms with Gasteiger partial charge in [0.1, 0.15) is 0 Å². The summed E-state index contributed by atoms with van der Waals surface area (Å²) >= 11 is 0. The van der Waals surface area contributed by atoms with Crippen LogP contribution in [0.1, 0.15) is 28.4 Å². The molecule has 0 fully saturated rings. The average molecular weight is 402 g/mol. The molecule has 1 aliphatic heterocycles. The molecule has 0 spiro atoms. The second-order valence-corrected chi connectivity index (χ2v) is 8.53. The number of carbonyl (C=O) groups is 2. The van der Waals surface area contributed by atoms with E-state index in [1.54, 1.807) is 11.8 Å². The van der Waals surface area contributed by atoms with Gasteiger partial charge in [0.15, 0.2) is 6.10 Å². The zero-order valence-corrected chi connectivity index (χ0v) is 16.5. The number of hydrogen-bond donors (Lipinski definition) is 1. The van der Waals surface area contributed by atoms with E-state index in [2.05, 4.69) is 10.8 Å². The number of amides is 1. The van der Waals surface area contributed by atoms with Crippen molar-refractivity contribution < 1.29 is 22.7 Å². The normalized spacial score (nSPS) is 14.7. The Bertz CT molecular complexity index is 1000. The number of benzene rings is 2. The zero-order valence-electron chi connectivity index (χ0n) is 15.7. The minimum atomic E-state index is -3.46. The molecule has 0 aliphatic carbocycles. The van der Waals surface area contributed by atoms with Crippen LogP contribution in [0.15, 0.2) is 48.5 Å². The molecule has 1 unspecified atom stereocenters. The molecule has 0 saturated carbocycles. The van der Waals surface area contributed by atoms with Gasteiger partial charge in [-0.25, -0.2) is 13.2 Å². The lowest BCUT2D eigenvalue weighted by atomic mass is 9.99. The second-order valence-electron chi connectivity index (χ2n) is 6.78. The number of anilines is 1. The quantitative estimate of drug-likeness (QED) is 0.774. The molecule has 2 aromatic carbocycles. The molecule has 0 bridgehead atoms. The summed E-state index contributed by atoms with van der Waals surface area (Å²) in [6, 6.07) is 13.9. The van der Waals surface area contributed by atoms with Crippen LogP contribution in [0.5, 0.6) is 0 Å². The maximum Gasteiger partial charge on any atom is 0.338 e. The third-order valence-corrected chi connectivity index (χ3v) is 5.08. The number of nitrogens with zero attached hydrogens (tertiary/aromatic N) is 1. The molecule has 3 rings (SSSR count). The molecule has 148 valence electrons. The number of hydrogen-bond acceptors (Lipinski definition) is 5. The van der Waals surface area contributed by atoms with Gasteiger partial charge in [-0.2, -0.15) is 0 Å². The molecule has 28 heavy (non-hydrogen) atoms. The van der Waals surface area contributed by atoms with Crippen LogP contribution in [0.2, 0.25) is 0 Å². The molecule has 0 saturated heterocycles. The third-order valence-electron chi connectivity index (χ3n) is 4.48. The fourth-order valence-corrected chi connectivity index (χ4v) is 3.70. The monoisotopic (exact) mass is 402 g/mol. The predicted octanol–water partition coefficient (Wildman–Crippen LogP) is 2.19. The first kappa shape index (κ1) is 19.9. The standard InChI is InChI=1S/C20H22N2O5S/c1-14(19(23)22-11-10-15-6-3-4-7-17(15)13-22)27-20(24)16-8-5-9-18(12-16)21-28(2,25)26/h3-9,12,14,21H,10-11,13H2,1-2H3.